The minimum atomic E-state index is -0.192. The van der Waals surface area contributed by atoms with E-state index in [9.17, 15) is 4.79 Å². The Morgan fingerprint density at radius 1 is 1.45 bits per heavy atom. The second-order valence-electron chi connectivity index (χ2n) is 4.15. The van der Waals surface area contributed by atoms with E-state index in [2.05, 4.69) is 15.6 Å². The molecule has 0 atom stereocenters. The molecule has 106 valence electrons. The first-order valence-corrected chi connectivity index (χ1v) is 6.11. The van der Waals surface area contributed by atoms with Gasteiger partial charge in [0.05, 0.1) is 19.9 Å². The lowest BCUT2D eigenvalue weighted by molar-refractivity contribution is -0.122. The van der Waals surface area contributed by atoms with E-state index in [0.29, 0.717) is 12.2 Å². The van der Waals surface area contributed by atoms with Gasteiger partial charge < -0.3 is 15.2 Å². The summed E-state index contributed by atoms with van der Waals surface area (Å²) in [6, 6.07) is 7.48. The average Bonchev–Trinajstić information content (AvgIpc) is 2.93. The van der Waals surface area contributed by atoms with Gasteiger partial charge in [0.1, 0.15) is 18.0 Å². The molecule has 7 heteroatoms. The monoisotopic (exact) mass is 276 g/mol. The third-order valence-electron chi connectivity index (χ3n) is 2.72. The molecule has 1 amide bonds. The van der Waals surface area contributed by atoms with Crippen LogP contribution in [0, 0.1) is 0 Å². The Morgan fingerprint density at radius 2 is 2.25 bits per heavy atom. The number of nitrogens with zero attached hydrogens (tertiary/aromatic N) is 3. The van der Waals surface area contributed by atoms with Crippen LogP contribution in [0.2, 0.25) is 0 Å². The molecule has 0 radical (unpaired) electrons. The Morgan fingerprint density at radius 3 is 2.95 bits per heavy atom. The molecule has 1 heterocycles. The Kier molecular flexibility index (Phi) is 4.67. The SMILES string of the molecule is COc1ccccc1CNC(=O)Cn1cc(CO)nn1. The van der Waals surface area contributed by atoms with E-state index in [1.54, 1.807) is 7.11 Å². The number of rotatable bonds is 6. The highest BCUT2D eigenvalue weighted by Gasteiger charge is 2.07. The van der Waals surface area contributed by atoms with Gasteiger partial charge >= 0.3 is 0 Å². The van der Waals surface area contributed by atoms with E-state index >= 15 is 0 Å². The van der Waals surface area contributed by atoms with E-state index in [-0.39, 0.29) is 19.1 Å². The Balaban J connectivity index is 1.88. The number of aliphatic hydroxyl groups excluding tert-OH is 1. The largest absolute Gasteiger partial charge is 0.496 e. The number of carbonyl (C=O) groups is 1. The first kappa shape index (κ1) is 14.0. The summed E-state index contributed by atoms with van der Waals surface area (Å²) in [5, 5.41) is 19.1. The van der Waals surface area contributed by atoms with Gasteiger partial charge in [-0.25, -0.2) is 4.68 Å². The molecule has 0 bridgehead atoms. The van der Waals surface area contributed by atoms with E-state index in [4.69, 9.17) is 9.84 Å². The predicted molar refractivity (Wildman–Crippen MR) is 70.8 cm³/mol. The molecule has 2 aromatic rings. The van der Waals surface area contributed by atoms with Crippen LogP contribution in [0.5, 0.6) is 5.75 Å². The summed E-state index contributed by atoms with van der Waals surface area (Å²) in [7, 11) is 1.59. The second-order valence-corrected chi connectivity index (χ2v) is 4.15. The fourth-order valence-corrected chi connectivity index (χ4v) is 1.73. The highest BCUT2D eigenvalue weighted by Crippen LogP contribution is 2.16. The predicted octanol–water partition coefficient (Wildman–Crippen LogP) is 0.0954. The molecule has 0 aliphatic heterocycles. The number of carbonyl (C=O) groups excluding carboxylic acids is 1. The highest BCUT2D eigenvalue weighted by molar-refractivity contribution is 5.75. The summed E-state index contributed by atoms with van der Waals surface area (Å²) < 4.78 is 6.59. The molecule has 0 aliphatic rings. The first-order chi connectivity index (χ1) is 9.72. The van der Waals surface area contributed by atoms with Crippen molar-refractivity contribution in [3.63, 3.8) is 0 Å². The van der Waals surface area contributed by atoms with Gasteiger partial charge in [0.2, 0.25) is 5.91 Å². The average molecular weight is 276 g/mol. The van der Waals surface area contributed by atoms with Crippen molar-refractivity contribution in [1.29, 1.82) is 0 Å². The quantitative estimate of drug-likeness (QED) is 0.781. The standard InChI is InChI=1S/C13H16N4O3/c1-20-12-5-3-2-4-10(12)6-14-13(19)8-17-7-11(9-18)15-16-17/h2-5,7,18H,6,8-9H2,1H3,(H,14,19). The fraction of sp³-hybridized carbons (Fsp3) is 0.308. The molecule has 0 aliphatic carbocycles. The topological polar surface area (TPSA) is 89.3 Å². The Bertz CT molecular complexity index is 583. The van der Waals surface area contributed by atoms with E-state index in [0.717, 1.165) is 11.3 Å². The molecule has 0 spiro atoms. The van der Waals surface area contributed by atoms with Crippen molar-refractivity contribution in [3.05, 3.63) is 41.7 Å². The molecular formula is C13H16N4O3. The number of benzene rings is 1. The van der Waals surface area contributed by atoms with Gasteiger partial charge in [0, 0.05) is 12.1 Å². The lowest BCUT2D eigenvalue weighted by Gasteiger charge is -2.09. The van der Waals surface area contributed by atoms with Crippen molar-refractivity contribution in [1.82, 2.24) is 20.3 Å². The normalized spacial score (nSPS) is 10.3. The van der Waals surface area contributed by atoms with Gasteiger partial charge in [0.15, 0.2) is 0 Å². The van der Waals surface area contributed by atoms with Crippen LogP contribution in [-0.4, -0.2) is 33.1 Å². The molecule has 0 unspecified atom stereocenters. The molecule has 1 aromatic heterocycles. The van der Waals surface area contributed by atoms with Crippen molar-refractivity contribution in [2.45, 2.75) is 19.7 Å². The lowest BCUT2D eigenvalue weighted by atomic mass is 10.2. The maximum atomic E-state index is 11.8. The van der Waals surface area contributed by atoms with Crippen LogP contribution < -0.4 is 10.1 Å². The van der Waals surface area contributed by atoms with Crippen LogP contribution in [0.1, 0.15) is 11.3 Å². The second kappa shape index (κ2) is 6.67. The Labute approximate surface area is 116 Å². The lowest BCUT2D eigenvalue weighted by Crippen LogP contribution is -2.27. The summed E-state index contributed by atoms with van der Waals surface area (Å²) in [5.41, 5.74) is 1.33. The van der Waals surface area contributed by atoms with Gasteiger partial charge in [-0.15, -0.1) is 5.10 Å². The number of nitrogens with one attached hydrogen (secondary N) is 1. The number of para-hydroxylation sites is 1. The zero-order valence-electron chi connectivity index (χ0n) is 11.1. The van der Waals surface area contributed by atoms with Crippen LogP contribution in [0.15, 0.2) is 30.5 Å². The minimum absolute atomic E-state index is 0.0577. The maximum absolute atomic E-state index is 11.8. The van der Waals surface area contributed by atoms with Crippen LogP contribution in [-0.2, 0) is 24.5 Å². The summed E-state index contributed by atoms with van der Waals surface area (Å²) in [4.78, 5) is 11.8. The van der Waals surface area contributed by atoms with Crippen molar-refractivity contribution < 1.29 is 14.6 Å². The van der Waals surface area contributed by atoms with E-state index in [1.807, 2.05) is 24.3 Å². The number of aromatic nitrogens is 3. The van der Waals surface area contributed by atoms with Gasteiger partial charge in [-0.3, -0.25) is 4.79 Å². The highest BCUT2D eigenvalue weighted by atomic mass is 16.5. The third kappa shape index (κ3) is 3.55. The smallest absolute Gasteiger partial charge is 0.242 e. The first-order valence-electron chi connectivity index (χ1n) is 6.11. The molecule has 0 fully saturated rings. The van der Waals surface area contributed by atoms with Crippen LogP contribution in [0.4, 0.5) is 0 Å². The molecular weight excluding hydrogens is 260 g/mol. The maximum Gasteiger partial charge on any atom is 0.242 e. The van der Waals surface area contributed by atoms with Gasteiger partial charge in [-0.2, -0.15) is 0 Å². The van der Waals surface area contributed by atoms with Gasteiger partial charge in [0.25, 0.3) is 0 Å². The number of ether oxygens (including phenoxy) is 1. The zero-order valence-corrected chi connectivity index (χ0v) is 11.1. The summed E-state index contributed by atoms with van der Waals surface area (Å²) in [5.74, 6) is 0.543. The van der Waals surface area contributed by atoms with Crippen LogP contribution >= 0.6 is 0 Å². The number of amides is 1. The van der Waals surface area contributed by atoms with Crippen molar-refractivity contribution in [3.8, 4) is 5.75 Å². The van der Waals surface area contributed by atoms with E-state index in [1.165, 1.54) is 10.9 Å². The van der Waals surface area contributed by atoms with Gasteiger partial charge in [-0.05, 0) is 6.07 Å². The van der Waals surface area contributed by atoms with Crippen molar-refractivity contribution >= 4 is 5.91 Å². The minimum Gasteiger partial charge on any atom is -0.496 e. The third-order valence-corrected chi connectivity index (χ3v) is 2.72. The van der Waals surface area contributed by atoms with Crippen molar-refractivity contribution in [2.75, 3.05) is 7.11 Å². The van der Waals surface area contributed by atoms with Gasteiger partial charge in [-0.1, -0.05) is 23.4 Å². The van der Waals surface area contributed by atoms with Crippen LogP contribution in [0.25, 0.3) is 0 Å². The molecule has 1 aromatic carbocycles. The number of aliphatic hydroxyl groups is 1. The van der Waals surface area contributed by atoms with Crippen LogP contribution in [0.3, 0.4) is 0 Å². The summed E-state index contributed by atoms with van der Waals surface area (Å²) in [6.45, 7) is 0.245. The fourth-order valence-electron chi connectivity index (χ4n) is 1.73. The molecule has 0 saturated carbocycles. The molecule has 0 saturated heterocycles. The van der Waals surface area contributed by atoms with Crippen molar-refractivity contribution in [2.24, 2.45) is 0 Å². The number of hydrogen-bond donors (Lipinski definition) is 2. The molecule has 20 heavy (non-hydrogen) atoms. The number of methoxy groups -OCH3 is 1. The zero-order chi connectivity index (χ0) is 14.4. The molecule has 7 nitrogen and oxygen atoms in total. The molecule has 2 rings (SSSR count). The number of hydrogen-bond acceptors (Lipinski definition) is 5. The van der Waals surface area contributed by atoms with E-state index < -0.39 is 0 Å². The Hall–Kier alpha value is -2.41. The summed E-state index contributed by atoms with van der Waals surface area (Å²) >= 11 is 0. The summed E-state index contributed by atoms with van der Waals surface area (Å²) in [6.07, 6.45) is 1.53. The molecule has 2 N–H and O–H groups in total.